The lowest BCUT2D eigenvalue weighted by Crippen LogP contribution is -2.47. The van der Waals surface area contributed by atoms with Crippen molar-refractivity contribution in [3.63, 3.8) is 0 Å². The fourth-order valence-corrected chi connectivity index (χ4v) is 4.36. The maximum atomic E-state index is 12.8. The van der Waals surface area contributed by atoms with Crippen molar-refractivity contribution in [2.75, 3.05) is 12.9 Å². The molecule has 7 nitrogen and oxygen atoms in total. The summed E-state index contributed by atoms with van der Waals surface area (Å²) in [6, 6.07) is 12.8. The maximum absolute atomic E-state index is 12.8. The summed E-state index contributed by atoms with van der Waals surface area (Å²) < 4.78 is 30.4. The average Bonchev–Trinajstić information content (AvgIpc) is 2.68. The van der Waals surface area contributed by atoms with Gasteiger partial charge in [-0.1, -0.05) is 41.9 Å². The van der Waals surface area contributed by atoms with Crippen LogP contribution in [0.15, 0.2) is 70.8 Å². The molecule has 0 spiro atoms. The summed E-state index contributed by atoms with van der Waals surface area (Å²) in [5.41, 5.74) is 0.553. The number of halogens is 1. The van der Waals surface area contributed by atoms with Crippen molar-refractivity contribution in [3.8, 4) is 0 Å². The van der Waals surface area contributed by atoms with E-state index in [2.05, 4.69) is 10.6 Å². The molecule has 1 aliphatic rings. The van der Waals surface area contributed by atoms with Gasteiger partial charge in [-0.05, 0) is 29.8 Å². The highest BCUT2D eigenvalue weighted by Gasteiger charge is 2.35. The molecule has 146 valence electrons. The minimum Gasteiger partial charge on any atom is -0.466 e. The highest BCUT2D eigenvalue weighted by molar-refractivity contribution is 7.91. The van der Waals surface area contributed by atoms with Crippen molar-refractivity contribution in [1.29, 1.82) is 0 Å². The first kappa shape index (κ1) is 19.9. The maximum Gasteiger partial charge on any atom is 0.338 e. The normalized spacial score (nSPS) is 16.9. The van der Waals surface area contributed by atoms with Gasteiger partial charge in [0.1, 0.15) is 0 Å². The van der Waals surface area contributed by atoms with Gasteiger partial charge in [0.15, 0.2) is 9.84 Å². The number of carbonyl (C=O) groups is 2. The second-order valence-corrected chi connectivity index (χ2v) is 8.46. The van der Waals surface area contributed by atoms with Crippen molar-refractivity contribution >= 4 is 33.4 Å². The van der Waals surface area contributed by atoms with Gasteiger partial charge < -0.3 is 15.4 Å². The molecule has 28 heavy (non-hydrogen) atoms. The summed E-state index contributed by atoms with van der Waals surface area (Å²) in [5.74, 6) is -1.30. The summed E-state index contributed by atoms with van der Waals surface area (Å²) >= 11 is 5.91. The summed E-state index contributed by atoms with van der Waals surface area (Å²) in [5, 5.41) is 5.55. The number of benzene rings is 2. The second kappa shape index (κ2) is 8.04. The average molecular weight is 421 g/mol. The molecule has 2 N–H and O–H groups in total. The van der Waals surface area contributed by atoms with Crippen LogP contribution in [0.4, 0.5) is 4.79 Å². The number of sulfone groups is 1. The molecule has 2 aromatic rings. The second-order valence-electron chi connectivity index (χ2n) is 6.04. The molecule has 0 fully saturated rings. The van der Waals surface area contributed by atoms with E-state index in [-0.39, 0.29) is 16.2 Å². The number of nitrogens with one attached hydrogen (secondary N) is 2. The highest BCUT2D eigenvalue weighted by atomic mass is 35.5. The molecular weight excluding hydrogens is 404 g/mol. The Bertz CT molecular complexity index is 1030. The van der Waals surface area contributed by atoms with Crippen LogP contribution in [0.3, 0.4) is 0 Å². The third-order valence-electron chi connectivity index (χ3n) is 4.20. The van der Waals surface area contributed by atoms with Crippen LogP contribution < -0.4 is 10.6 Å². The van der Waals surface area contributed by atoms with Crippen molar-refractivity contribution in [1.82, 2.24) is 10.6 Å². The topological polar surface area (TPSA) is 102 Å². The summed E-state index contributed by atoms with van der Waals surface area (Å²) in [7, 11) is -2.61. The molecule has 0 aromatic heterocycles. The van der Waals surface area contributed by atoms with Crippen LogP contribution in [-0.2, 0) is 19.4 Å². The number of hydrogen-bond acceptors (Lipinski definition) is 5. The Morgan fingerprint density at radius 3 is 2.36 bits per heavy atom. The molecule has 1 heterocycles. The lowest BCUT2D eigenvalue weighted by molar-refractivity contribution is -0.136. The van der Waals surface area contributed by atoms with Crippen LogP contribution in [0.5, 0.6) is 0 Å². The van der Waals surface area contributed by atoms with Crippen molar-refractivity contribution < 1.29 is 22.7 Å². The Morgan fingerprint density at radius 2 is 1.75 bits per heavy atom. The first-order chi connectivity index (χ1) is 13.3. The van der Waals surface area contributed by atoms with Crippen molar-refractivity contribution in [2.24, 2.45) is 0 Å². The molecule has 9 heteroatoms. The molecule has 0 aliphatic carbocycles. The smallest absolute Gasteiger partial charge is 0.338 e. The van der Waals surface area contributed by atoms with Crippen LogP contribution in [-0.4, -0.2) is 33.3 Å². The van der Waals surface area contributed by atoms with E-state index in [1.807, 2.05) is 0 Å². The Hall–Kier alpha value is -2.84. The monoisotopic (exact) mass is 420 g/mol. The minimum atomic E-state index is -3.80. The molecule has 0 radical (unpaired) electrons. The van der Waals surface area contributed by atoms with Gasteiger partial charge in [0.2, 0.25) is 0 Å². The number of ether oxygens (including phenoxy) is 1. The zero-order chi connectivity index (χ0) is 20.3. The Morgan fingerprint density at radius 1 is 1.11 bits per heavy atom. The van der Waals surface area contributed by atoms with E-state index in [9.17, 15) is 18.0 Å². The quantitative estimate of drug-likeness (QED) is 0.724. The number of amides is 2. The van der Waals surface area contributed by atoms with Gasteiger partial charge in [-0.2, -0.15) is 0 Å². The van der Waals surface area contributed by atoms with Gasteiger partial charge in [-0.3, -0.25) is 0 Å². The molecule has 0 saturated heterocycles. The van der Waals surface area contributed by atoms with Gasteiger partial charge in [0, 0.05) is 10.7 Å². The fraction of sp³-hybridized carbons (Fsp3) is 0.158. The summed E-state index contributed by atoms with van der Waals surface area (Å²) in [6.45, 7) is 0. The van der Waals surface area contributed by atoms with Crippen LogP contribution >= 0.6 is 11.6 Å². The van der Waals surface area contributed by atoms with Crippen molar-refractivity contribution in [2.45, 2.75) is 10.9 Å². The minimum absolute atomic E-state index is 0.0175. The largest absolute Gasteiger partial charge is 0.466 e. The third kappa shape index (κ3) is 4.18. The predicted octanol–water partition coefficient (Wildman–Crippen LogP) is 2.59. The van der Waals surface area contributed by atoms with E-state index in [0.29, 0.717) is 10.6 Å². The number of carbonyl (C=O) groups excluding carboxylic acids is 2. The summed E-state index contributed by atoms with van der Waals surface area (Å²) in [4.78, 5) is 24.7. The number of urea groups is 1. The SMILES string of the molecule is COC(=O)C1=C(CS(=O)(=O)c2ccccc2)NC(=O)N[C@@H]1c1ccc(Cl)cc1. The molecule has 1 atom stereocenters. The third-order valence-corrected chi connectivity index (χ3v) is 6.11. The first-order valence-corrected chi connectivity index (χ1v) is 10.3. The van der Waals surface area contributed by atoms with Crippen LogP contribution in [0.1, 0.15) is 11.6 Å². The van der Waals surface area contributed by atoms with E-state index in [0.717, 1.165) is 0 Å². The molecule has 2 aromatic carbocycles. The number of methoxy groups -OCH3 is 1. The zero-order valence-corrected chi connectivity index (χ0v) is 16.4. The molecule has 0 unspecified atom stereocenters. The molecule has 1 aliphatic heterocycles. The van der Waals surface area contributed by atoms with Crippen LogP contribution in [0.2, 0.25) is 5.02 Å². The number of esters is 1. The summed E-state index contributed by atoms with van der Waals surface area (Å²) in [6.07, 6.45) is 0. The van der Waals surface area contributed by atoms with E-state index in [1.165, 1.54) is 19.2 Å². The molecular formula is C19H17ClN2O5S. The fourth-order valence-electron chi connectivity index (χ4n) is 2.89. The van der Waals surface area contributed by atoms with Crippen molar-refractivity contribution in [3.05, 3.63) is 76.5 Å². The van der Waals surface area contributed by atoms with E-state index in [4.69, 9.17) is 16.3 Å². The first-order valence-electron chi connectivity index (χ1n) is 8.24. The van der Waals surface area contributed by atoms with Crippen LogP contribution in [0.25, 0.3) is 0 Å². The molecule has 2 amide bonds. The standard InChI is InChI=1S/C19H17ClN2O5S/c1-27-18(23)16-15(11-28(25,26)14-5-3-2-4-6-14)21-19(24)22-17(16)12-7-9-13(20)10-8-12/h2-10,17H,11H2,1H3,(H2,21,22,24)/t17-/m1/s1. The highest BCUT2D eigenvalue weighted by Crippen LogP contribution is 2.29. The molecule has 0 saturated carbocycles. The lowest BCUT2D eigenvalue weighted by atomic mass is 9.95. The molecule has 0 bridgehead atoms. The van der Waals surface area contributed by atoms with Gasteiger partial charge in [0.05, 0.1) is 29.4 Å². The van der Waals surface area contributed by atoms with E-state index >= 15 is 0 Å². The number of rotatable bonds is 5. The van der Waals surface area contributed by atoms with Gasteiger partial charge >= 0.3 is 12.0 Å². The van der Waals surface area contributed by atoms with Gasteiger partial charge in [-0.25, -0.2) is 18.0 Å². The van der Waals surface area contributed by atoms with E-state index in [1.54, 1.807) is 42.5 Å². The van der Waals surface area contributed by atoms with Gasteiger partial charge in [0.25, 0.3) is 0 Å². The lowest BCUT2D eigenvalue weighted by Gasteiger charge is -2.29. The number of hydrogen-bond donors (Lipinski definition) is 2. The van der Waals surface area contributed by atoms with E-state index < -0.39 is 33.6 Å². The predicted molar refractivity (Wildman–Crippen MR) is 103 cm³/mol. The molecule has 3 rings (SSSR count). The Balaban J connectivity index is 2.09. The zero-order valence-electron chi connectivity index (χ0n) is 14.8. The van der Waals surface area contributed by atoms with Gasteiger partial charge in [-0.15, -0.1) is 0 Å². The Kier molecular flexibility index (Phi) is 5.71. The Labute approximate surface area is 167 Å². The van der Waals surface area contributed by atoms with Crippen LogP contribution in [0, 0.1) is 0 Å².